The second kappa shape index (κ2) is 6.82. The highest BCUT2D eigenvalue weighted by Crippen LogP contribution is 2.60. The van der Waals surface area contributed by atoms with E-state index < -0.39 is 6.04 Å². The Morgan fingerprint density at radius 3 is 2.29 bits per heavy atom. The molecule has 4 fully saturated rings. The lowest BCUT2D eigenvalue weighted by molar-refractivity contribution is -0.148. The molecule has 2 amide bonds. The molecule has 4 bridgehead atoms. The summed E-state index contributed by atoms with van der Waals surface area (Å²) >= 11 is 1.59. The van der Waals surface area contributed by atoms with Crippen LogP contribution in [0.3, 0.4) is 0 Å². The van der Waals surface area contributed by atoms with E-state index in [1.807, 2.05) is 13.8 Å². The fourth-order valence-corrected chi connectivity index (χ4v) is 7.70. The zero-order valence-corrected chi connectivity index (χ0v) is 17.7. The molecule has 1 heterocycles. The summed E-state index contributed by atoms with van der Waals surface area (Å²) in [5.74, 6) is 2.22. The van der Waals surface area contributed by atoms with Crippen LogP contribution in [0, 0.1) is 29.1 Å². The highest BCUT2D eigenvalue weighted by atomic mass is 32.1. The molecule has 0 saturated heterocycles. The number of carbonyl (C=O) groups is 2. The molecule has 5 aliphatic carbocycles. The van der Waals surface area contributed by atoms with Gasteiger partial charge in [-0.25, -0.2) is 4.98 Å². The van der Waals surface area contributed by atoms with E-state index in [1.54, 1.807) is 11.3 Å². The standard InChI is InChI=1S/C22H31N3O2S/c1-12(2)18(19(26)25-21-23-16-4-3-5-17(16)28-21)24-20(27)22-9-13-6-14(10-22)8-15(7-13)11-22/h12-15,18H,3-11H2,1-2H3,(H,24,27)(H,23,25,26)/t13?,14?,15?,18-,22?/m1/s1. The van der Waals surface area contributed by atoms with E-state index in [0.29, 0.717) is 5.13 Å². The van der Waals surface area contributed by atoms with E-state index in [2.05, 4.69) is 15.6 Å². The molecule has 1 atom stereocenters. The van der Waals surface area contributed by atoms with Crippen LogP contribution in [-0.4, -0.2) is 22.8 Å². The third kappa shape index (κ3) is 3.17. The van der Waals surface area contributed by atoms with Crippen molar-refractivity contribution >= 4 is 28.3 Å². The molecule has 5 nitrogen and oxygen atoms in total. The zero-order valence-electron chi connectivity index (χ0n) is 16.9. The smallest absolute Gasteiger partial charge is 0.248 e. The van der Waals surface area contributed by atoms with Crippen molar-refractivity contribution in [1.82, 2.24) is 10.3 Å². The molecule has 0 radical (unpaired) electrons. The van der Waals surface area contributed by atoms with Crippen LogP contribution in [0.15, 0.2) is 0 Å². The Hall–Kier alpha value is -1.43. The van der Waals surface area contributed by atoms with Crippen LogP contribution in [0.4, 0.5) is 5.13 Å². The van der Waals surface area contributed by atoms with E-state index in [-0.39, 0.29) is 23.1 Å². The summed E-state index contributed by atoms with van der Waals surface area (Å²) in [6, 6.07) is -0.501. The molecule has 4 saturated carbocycles. The molecule has 152 valence electrons. The minimum Gasteiger partial charge on any atom is -0.344 e. The SMILES string of the molecule is CC(C)[C@@H](NC(=O)C12CC3CC(CC(C3)C1)C2)C(=O)Nc1nc2c(s1)CCC2. The lowest BCUT2D eigenvalue weighted by Gasteiger charge is -2.55. The highest BCUT2D eigenvalue weighted by molar-refractivity contribution is 7.15. The fourth-order valence-electron chi connectivity index (χ4n) is 6.65. The monoisotopic (exact) mass is 401 g/mol. The van der Waals surface area contributed by atoms with Gasteiger partial charge in [0.15, 0.2) is 5.13 Å². The van der Waals surface area contributed by atoms with Gasteiger partial charge in [0.1, 0.15) is 6.04 Å². The number of anilines is 1. The van der Waals surface area contributed by atoms with Gasteiger partial charge in [0, 0.05) is 10.3 Å². The summed E-state index contributed by atoms with van der Waals surface area (Å²) < 4.78 is 0. The lowest BCUT2D eigenvalue weighted by atomic mass is 9.49. The first-order valence-electron chi connectivity index (χ1n) is 11.0. The van der Waals surface area contributed by atoms with Gasteiger partial charge < -0.3 is 10.6 Å². The Morgan fingerprint density at radius 2 is 1.71 bits per heavy atom. The Kier molecular flexibility index (Phi) is 4.53. The molecule has 1 aromatic rings. The van der Waals surface area contributed by atoms with Gasteiger partial charge in [-0.3, -0.25) is 9.59 Å². The van der Waals surface area contributed by atoms with E-state index in [1.165, 1.54) is 24.1 Å². The van der Waals surface area contributed by atoms with Crippen molar-refractivity contribution in [1.29, 1.82) is 0 Å². The van der Waals surface area contributed by atoms with Crippen LogP contribution in [0.25, 0.3) is 0 Å². The Balaban J connectivity index is 1.28. The zero-order chi connectivity index (χ0) is 19.5. The third-order valence-corrected chi connectivity index (χ3v) is 8.65. The van der Waals surface area contributed by atoms with Crippen molar-refractivity contribution in [3.8, 4) is 0 Å². The minimum atomic E-state index is -0.501. The van der Waals surface area contributed by atoms with Crippen LogP contribution >= 0.6 is 11.3 Å². The van der Waals surface area contributed by atoms with Gasteiger partial charge >= 0.3 is 0 Å². The molecule has 1 aromatic heterocycles. The van der Waals surface area contributed by atoms with Crippen molar-refractivity contribution in [3.63, 3.8) is 0 Å². The summed E-state index contributed by atoms with van der Waals surface area (Å²) in [5, 5.41) is 6.84. The molecule has 0 unspecified atom stereocenters. The summed E-state index contributed by atoms with van der Waals surface area (Å²) in [6.45, 7) is 4.01. The second-order valence-corrected chi connectivity index (χ2v) is 11.2. The Morgan fingerprint density at radius 1 is 1.07 bits per heavy atom. The molecule has 5 aliphatic rings. The molecule has 2 N–H and O–H groups in total. The number of thiazole rings is 1. The van der Waals surface area contributed by atoms with E-state index in [4.69, 9.17) is 0 Å². The fraction of sp³-hybridized carbons (Fsp3) is 0.773. The number of amides is 2. The maximum Gasteiger partial charge on any atom is 0.248 e. The summed E-state index contributed by atoms with van der Waals surface area (Å²) in [7, 11) is 0. The first kappa shape index (κ1) is 18.6. The Labute approximate surface area is 171 Å². The van der Waals surface area contributed by atoms with Crippen molar-refractivity contribution in [2.45, 2.75) is 77.7 Å². The van der Waals surface area contributed by atoms with Gasteiger partial charge in [-0.2, -0.15) is 0 Å². The summed E-state index contributed by atoms with van der Waals surface area (Å²) in [5.41, 5.74) is 0.920. The van der Waals surface area contributed by atoms with Crippen molar-refractivity contribution in [2.75, 3.05) is 5.32 Å². The van der Waals surface area contributed by atoms with Crippen LogP contribution in [-0.2, 0) is 22.4 Å². The van der Waals surface area contributed by atoms with Gasteiger partial charge in [0.05, 0.1) is 5.69 Å². The maximum atomic E-state index is 13.4. The van der Waals surface area contributed by atoms with Crippen molar-refractivity contribution in [3.05, 3.63) is 10.6 Å². The third-order valence-electron chi connectivity index (χ3n) is 7.58. The van der Waals surface area contributed by atoms with Crippen molar-refractivity contribution in [2.24, 2.45) is 29.1 Å². The first-order valence-corrected chi connectivity index (χ1v) is 11.8. The molecule has 6 heteroatoms. The quantitative estimate of drug-likeness (QED) is 0.785. The van der Waals surface area contributed by atoms with Gasteiger partial charge in [0.25, 0.3) is 0 Å². The van der Waals surface area contributed by atoms with E-state index in [0.717, 1.165) is 62.0 Å². The van der Waals surface area contributed by atoms with E-state index >= 15 is 0 Å². The predicted octanol–water partition coefficient (Wildman–Crippen LogP) is 3.93. The predicted molar refractivity (Wildman–Crippen MR) is 110 cm³/mol. The number of carbonyl (C=O) groups excluding carboxylic acids is 2. The molecule has 28 heavy (non-hydrogen) atoms. The Bertz CT molecular complexity index is 743. The van der Waals surface area contributed by atoms with E-state index in [9.17, 15) is 9.59 Å². The molecule has 6 rings (SSSR count). The van der Waals surface area contributed by atoms with Gasteiger partial charge in [0.2, 0.25) is 11.8 Å². The normalized spacial score (nSPS) is 33.8. The summed E-state index contributed by atoms with van der Waals surface area (Å²) in [4.78, 5) is 32.2. The number of aromatic nitrogens is 1. The molecular formula is C22H31N3O2S. The number of rotatable bonds is 5. The largest absolute Gasteiger partial charge is 0.344 e. The van der Waals surface area contributed by atoms with Crippen LogP contribution in [0.2, 0.25) is 0 Å². The average Bonchev–Trinajstić information content (AvgIpc) is 3.19. The molecular weight excluding hydrogens is 370 g/mol. The number of hydrogen-bond acceptors (Lipinski definition) is 4. The number of fused-ring (bicyclic) bond motifs is 1. The number of aryl methyl sites for hydroxylation is 2. The highest BCUT2D eigenvalue weighted by Gasteiger charge is 2.55. The minimum absolute atomic E-state index is 0.0460. The number of hydrogen-bond donors (Lipinski definition) is 2. The van der Waals surface area contributed by atoms with Crippen LogP contribution in [0.1, 0.15) is 69.4 Å². The maximum absolute atomic E-state index is 13.4. The number of nitrogens with zero attached hydrogens (tertiary/aromatic N) is 1. The lowest BCUT2D eigenvalue weighted by Crippen LogP contribution is -2.57. The average molecular weight is 402 g/mol. The number of nitrogens with one attached hydrogen (secondary N) is 2. The molecule has 0 aliphatic heterocycles. The molecule has 0 aromatic carbocycles. The van der Waals surface area contributed by atoms with Crippen LogP contribution < -0.4 is 10.6 Å². The summed E-state index contributed by atoms with van der Waals surface area (Å²) in [6.07, 6.45) is 10.3. The first-order chi connectivity index (χ1) is 13.4. The van der Waals surface area contributed by atoms with Gasteiger partial charge in [-0.05, 0) is 81.5 Å². The van der Waals surface area contributed by atoms with Gasteiger partial charge in [-0.1, -0.05) is 13.8 Å². The van der Waals surface area contributed by atoms with Crippen LogP contribution in [0.5, 0.6) is 0 Å². The van der Waals surface area contributed by atoms with Gasteiger partial charge in [-0.15, -0.1) is 11.3 Å². The molecule has 0 spiro atoms. The van der Waals surface area contributed by atoms with Crippen molar-refractivity contribution < 1.29 is 9.59 Å². The topological polar surface area (TPSA) is 71.1 Å². The second-order valence-electron chi connectivity index (χ2n) is 10.1.